The van der Waals surface area contributed by atoms with E-state index in [0.717, 1.165) is 31.3 Å². The molecule has 0 aliphatic heterocycles. The Bertz CT molecular complexity index is 536. The molecule has 0 aromatic carbocycles. The molecule has 162 valence electrons. The highest BCUT2D eigenvalue weighted by Gasteiger charge is 2.25. The number of aliphatic hydroxyl groups excluding tert-OH is 1. The Balaban J connectivity index is 2.41. The first-order valence-corrected chi connectivity index (χ1v) is 11.1. The minimum atomic E-state index is -2.02. The van der Waals surface area contributed by atoms with Gasteiger partial charge in [-0.3, -0.25) is 10.1 Å². The zero-order chi connectivity index (χ0) is 21.3. The molecule has 28 heavy (non-hydrogen) atoms. The van der Waals surface area contributed by atoms with E-state index in [1.807, 2.05) is 0 Å². The molecule has 3 atom stereocenters. The van der Waals surface area contributed by atoms with Gasteiger partial charge in [-0.1, -0.05) is 33.3 Å². The van der Waals surface area contributed by atoms with Crippen LogP contribution in [-0.4, -0.2) is 39.5 Å². The summed E-state index contributed by atoms with van der Waals surface area (Å²) in [7, 11) is -2.02. The van der Waals surface area contributed by atoms with Crippen molar-refractivity contribution in [3.05, 3.63) is 11.4 Å². The molecule has 1 saturated carbocycles. The van der Waals surface area contributed by atoms with Crippen LogP contribution < -0.4 is 5.32 Å². The molecule has 1 amide bonds. The molecular formula is C19H34NO7P. The molecule has 2 unspecified atom stereocenters. The van der Waals surface area contributed by atoms with E-state index in [1.165, 1.54) is 5.82 Å². The van der Waals surface area contributed by atoms with E-state index >= 15 is 0 Å². The summed E-state index contributed by atoms with van der Waals surface area (Å²) in [6.07, 6.45) is 1.77. The normalized spacial score (nSPS) is 21.1. The van der Waals surface area contributed by atoms with Crippen molar-refractivity contribution in [2.24, 2.45) is 17.8 Å². The third kappa shape index (κ3) is 9.82. The summed E-state index contributed by atoms with van der Waals surface area (Å²) in [5.74, 6) is 0.848. The van der Waals surface area contributed by atoms with E-state index < -0.39 is 33.0 Å². The van der Waals surface area contributed by atoms with Crippen molar-refractivity contribution >= 4 is 20.4 Å². The SMILES string of the molecule is CC(C)C(=O)O[C@@H](OC(=O)NC(O)CCC1CCCC(=CP(O)O)C1)C(C)C. The molecule has 0 radical (unpaired) electrons. The van der Waals surface area contributed by atoms with Crippen LogP contribution in [0.15, 0.2) is 11.4 Å². The number of esters is 1. The number of allylic oxidation sites excluding steroid dienone is 1. The Labute approximate surface area is 168 Å². The van der Waals surface area contributed by atoms with Crippen molar-refractivity contribution in [2.75, 3.05) is 0 Å². The number of nitrogens with one attached hydrogen (secondary N) is 1. The molecule has 9 heteroatoms. The van der Waals surface area contributed by atoms with Crippen molar-refractivity contribution in [2.45, 2.75) is 78.7 Å². The number of ether oxygens (including phenoxy) is 2. The highest BCUT2D eigenvalue weighted by Crippen LogP contribution is 2.37. The largest absolute Gasteiger partial charge is 0.425 e. The lowest BCUT2D eigenvalue weighted by atomic mass is 9.83. The molecule has 0 saturated heterocycles. The van der Waals surface area contributed by atoms with Crippen LogP contribution in [-0.2, 0) is 14.3 Å². The maximum absolute atomic E-state index is 12.0. The van der Waals surface area contributed by atoms with Gasteiger partial charge in [0.1, 0.15) is 6.23 Å². The number of carbonyl (C=O) groups excluding carboxylic acids is 2. The van der Waals surface area contributed by atoms with Crippen LogP contribution in [0.2, 0.25) is 0 Å². The summed E-state index contributed by atoms with van der Waals surface area (Å²) >= 11 is 0. The van der Waals surface area contributed by atoms with Gasteiger partial charge >= 0.3 is 12.1 Å². The Morgan fingerprint density at radius 3 is 2.50 bits per heavy atom. The van der Waals surface area contributed by atoms with Crippen molar-refractivity contribution in [3.63, 3.8) is 0 Å². The molecule has 0 aromatic heterocycles. The van der Waals surface area contributed by atoms with Gasteiger partial charge in [-0.25, -0.2) is 4.79 Å². The zero-order valence-electron chi connectivity index (χ0n) is 17.1. The lowest BCUT2D eigenvalue weighted by Crippen LogP contribution is -2.40. The summed E-state index contributed by atoms with van der Waals surface area (Å²) in [6, 6.07) is 0. The molecule has 0 spiro atoms. The Morgan fingerprint density at radius 1 is 1.25 bits per heavy atom. The minimum absolute atomic E-state index is 0.221. The van der Waals surface area contributed by atoms with E-state index in [9.17, 15) is 14.7 Å². The summed E-state index contributed by atoms with van der Waals surface area (Å²) in [6.45, 7) is 6.91. The standard InChI is InChI=1S/C19H34NO7P/c1-12(2)17(22)26-18(13(3)4)27-19(23)20-16(21)9-8-14-6-5-7-15(10-14)11-28(24)25/h11-14,16,18,21,24-25H,5-10H2,1-4H3,(H,20,23)/t14?,16?,18-/m0/s1. The van der Waals surface area contributed by atoms with E-state index in [2.05, 4.69) is 5.32 Å². The molecule has 0 heterocycles. The van der Waals surface area contributed by atoms with Crippen LogP contribution in [0.25, 0.3) is 0 Å². The number of hydrogen-bond donors (Lipinski definition) is 4. The highest BCUT2D eigenvalue weighted by molar-refractivity contribution is 7.48. The topological polar surface area (TPSA) is 125 Å². The summed E-state index contributed by atoms with van der Waals surface area (Å²) in [5.41, 5.74) is 1.04. The van der Waals surface area contributed by atoms with Gasteiger partial charge in [0.15, 0.2) is 8.38 Å². The third-order valence-electron chi connectivity index (χ3n) is 4.56. The summed E-state index contributed by atoms with van der Waals surface area (Å²) in [4.78, 5) is 41.9. The summed E-state index contributed by atoms with van der Waals surface area (Å²) in [5, 5.41) is 12.4. The number of aliphatic hydroxyl groups is 1. The number of rotatable bonds is 9. The average Bonchev–Trinajstić information content (AvgIpc) is 2.58. The molecule has 0 aromatic rings. The first kappa shape index (κ1) is 24.8. The first-order chi connectivity index (χ1) is 13.1. The Hall–Kier alpha value is -1.21. The third-order valence-corrected chi connectivity index (χ3v) is 5.16. The molecule has 1 rings (SSSR count). The second kappa shape index (κ2) is 12.4. The van der Waals surface area contributed by atoms with Crippen LogP contribution in [0.3, 0.4) is 0 Å². The smallest absolute Gasteiger partial charge is 0.412 e. The van der Waals surface area contributed by atoms with Gasteiger partial charge < -0.3 is 24.4 Å². The number of alkyl carbamates (subject to hydrolysis) is 1. The predicted octanol–water partition coefficient (Wildman–Crippen LogP) is 3.36. The molecule has 8 nitrogen and oxygen atoms in total. The molecule has 4 N–H and O–H groups in total. The van der Waals surface area contributed by atoms with Crippen LogP contribution >= 0.6 is 8.38 Å². The van der Waals surface area contributed by atoms with Crippen LogP contribution in [0, 0.1) is 17.8 Å². The molecule has 0 bridgehead atoms. The lowest BCUT2D eigenvalue weighted by molar-refractivity contribution is -0.179. The Kier molecular flexibility index (Phi) is 11.0. The van der Waals surface area contributed by atoms with Crippen LogP contribution in [0.5, 0.6) is 0 Å². The maximum atomic E-state index is 12.0. The second-order valence-electron chi connectivity index (χ2n) is 7.92. The predicted molar refractivity (Wildman–Crippen MR) is 106 cm³/mol. The highest BCUT2D eigenvalue weighted by atomic mass is 31.2. The van der Waals surface area contributed by atoms with Crippen molar-refractivity contribution in [3.8, 4) is 0 Å². The van der Waals surface area contributed by atoms with Gasteiger partial charge in [0, 0.05) is 5.92 Å². The quantitative estimate of drug-likeness (QED) is 0.256. The van der Waals surface area contributed by atoms with Gasteiger partial charge in [-0.2, -0.15) is 0 Å². The van der Waals surface area contributed by atoms with Gasteiger partial charge in [-0.15, -0.1) is 0 Å². The molecule has 1 aliphatic rings. The van der Waals surface area contributed by atoms with E-state index in [4.69, 9.17) is 19.3 Å². The second-order valence-corrected chi connectivity index (χ2v) is 8.82. The van der Waals surface area contributed by atoms with E-state index in [1.54, 1.807) is 27.7 Å². The Morgan fingerprint density at radius 2 is 1.93 bits per heavy atom. The zero-order valence-corrected chi connectivity index (χ0v) is 18.0. The first-order valence-electron chi connectivity index (χ1n) is 9.80. The van der Waals surface area contributed by atoms with E-state index in [-0.39, 0.29) is 11.8 Å². The minimum Gasteiger partial charge on any atom is -0.425 e. The average molecular weight is 419 g/mol. The van der Waals surface area contributed by atoms with E-state index in [0.29, 0.717) is 18.8 Å². The van der Waals surface area contributed by atoms with Crippen LogP contribution in [0.4, 0.5) is 4.79 Å². The monoisotopic (exact) mass is 419 g/mol. The van der Waals surface area contributed by atoms with Crippen molar-refractivity contribution in [1.29, 1.82) is 0 Å². The van der Waals surface area contributed by atoms with Gasteiger partial charge in [0.25, 0.3) is 6.29 Å². The van der Waals surface area contributed by atoms with Crippen molar-refractivity contribution in [1.82, 2.24) is 5.32 Å². The summed E-state index contributed by atoms with van der Waals surface area (Å²) < 4.78 is 10.3. The van der Waals surface area contributed by atoms with Crippen LogP contribution in [0.1, 0.15) is 66.2 Å². The van der Waals surface area contributed by atoms with Gasteiger partial charge in [-0.05, 0) is 50.3 Å². The molecule has 1 fully saturated rings. The fourth-order valence-electron chi connectivity index (χ4n) is 3.01. The fraction of sp³-hybridized carbons (Fsp3) is 0.789. The molecular weight excluding hydrogens is 385 g/mol. The maximum Gasteiger partial charge on any atom is 0.412 e. The number of carbonyl (C=O) groups is 2. The number of hydrogen-bond acceptors (Lipinski definition) is 7. The number of amides is 1. The van der Waals surface area contributed by atoms with Crippen molar-refractivity contribution < 1.29 is 34.0 Å². The molecule has 1 aliphatic carbocycles. The lowest BCUT2D eigenvalue weighted by Gasteiger charge is -2.26. The van der Waals surface area contributed by atoms with Gasteiger partial charge in [0.05, 0.1) is 5.92 Å². The van der Waals surface area contributed by atoms with Gasteiger partial charge in [0.2, 0.25) is 0 Å². The fourth-order valence-corrected chi connectivity index (χ4v) is 3.57.